The lowest BCUT2D eigenvalue weighted by Crippen LogP contribution is -2.38. The van der Waals surface area contributed by atoms with Gasteiger partial charge in [-0.05, 0) is 61.6 Å². The Kier molecular flexibility index (Phi) is 8.34. The minimum absolute atomic E-state index is 0.0492. The van der Waals surface area contributed by atoms with E-state index in [1.165, 1.54) is 22.8 Å². The normalized spacial score (nSPS) is 14.7. The third kappa shape index (κ3) is 6.35. The SMILES string of the molecule is O=C(O)c1ccc2c(=O)[nH]c(=O)n(CCCCN3CCC(OC(c4ccccc4)c4ccccc4)CC3)c2c1. The van der Waals surface area contributed by atoms with E-state index in [-0.39, 0.29) is 17.8 Å². The molecule has 2 N–H and O–H groups in total. The summed E-state index contributed by atoms with van der Waals surface area (Å²) >= 11 is 0. The second-order valence-electron chi connectivity index (χ2n) is 10.0. The molecule has 0 bridgehead atoms. The lowest BCUT2D eigenvalue weighted by molar-refractivity contribution is -0.0271. The Morgan fingerprint density at radius 1 is 0.897 bits per heavy atom. The number of aromatic amines is 1. The fraction of sp³-hybridized carbons (Fsp3) is 0.323. The number of nitrogens with zero attached hydrogens (tertiary/aromatic N) is 2. The summed E-state index contributed by atoms with van der Waals surface area (Å²) in [5.74, 6) is -1.09. The lowest BCUT2D eigenvalue weighted by Gasteiger charge is -2.34. The van der Waals surface area contributed by atoms with Crippen LogP contribution in [0.4, 0.5) is 0 Å². The van der Waals surface area contributed by atoms with Crippen LogP contribution in [0.5, 0.6) is 0 Å². The number of aromatic carboxylic acids is 1. The fourth-order valence-corrected chi connectivity index (χ4v) is 5.32. The number of aromatic nitrogens is 2. The largest absolute Gasteiger partial charge is 0.478 e. The molecule has 0 aliphatic carbocycles. The van der Waals surface area contributed by atoms with Crippen molar-refractivity contribution >= 4 is 16.9 Å². The van der Waals surface area contributed by atoms with Crippen LogP contribution < -0.4 is 11.2 Å². The van der Waals surface area contributed by atoms with Crippen molar-refractivity contribution in [2.75, 3.05) is 19.6 Å². The molecule has 4 aromatic rings. The molecule has 0 unspecified atom stereocenters. The number of fused-ring (bicyclic) bond motifs is 1. The zero-order chi connectivity index (χ0) is 27.2. The summed E-state index contributed by atoms with van der Waals surface area (Å²) in [5.41, 5.74) is 1.70. The average molecular weight is 528 g/mol. The summed E-state index contributed by atoms with van der Waals surface area (Å²) in [4.78, 5) is 40.9. The number of H-pyrrole nitrogens is 1. The van der Waals surface area contributed by atoms with Gasteiger partial charge in [0.15, 0.2) is 0 Å². The predicted molar refractivity (Wildman–Crippen MR) is 150 cm³/mol. The molecule has 0 atom stereocenters. The number of carbonyl (C=O) groups is 1. The van der Waals surface area contributed by atoms with E-state index in [2.05, 4.69) is 34.1 Å². The summed E-state index contributed by atoms with van der Waals surface area (Å²) in [6, 6.07) is 24.9. The summed E-state index contributed by atoms with van der Waals surface area (Å²) in [5, 5.41) is 9.64. The van der Waals surface area contributed by atoms with Gasteiger partial charge in [0.25, 0.3) is 5.56 Å². The van der Waals surface area contributed by atoms with Crippen LogP contribution in [0.3, 0.4) is 0 Å². The van der Waals surface area contributed by atoms with Crippen molar-refractivity contribution in [3.8, 4) is 0 Å². The number of carboxylic acids is 1. The number of aryl methyl sites for hydroxylation is 1. The highest BCUT2D eigenvalue weighted by Gasteiger charge is 2.24. The minimum atomic E-state index is -1.09. The molecular weight excluding hydrogens is 494 g/mol. The van der Waals surface area contributed by atoms with Crippen LogP contribution in [0.1, 0.15) is 53.3 Å². The molecule has 39 heavy (non-hydrogen) atoms. The zero-order valence-corrected chi connectivity index (χ0v) is 21.8. The van der Waals surface area contributed by atoms with Crippen LogP contribution in [-0.4, -0.2) is 51.3 Å². The molecule has 3 aromatic carbocycles. The number of nitrogens with one attached hydrogen (secondary N) is 1. The summed E-state index contributed by atoms with van der Waals surface area (Å²) in [6.07, 6.45) is 3.63. The zero-order valence-electron chi connectivity index (χ0n) is 21.8. The van der Waals surface area contributed by atoms with Crippen LogP contribution in [0, 0.1) is 0 Å². The molecule has 0 radical (unpaired) electrons. The maximum atomic E-state index is 12.5. The van der Waals surface area contributed by atoms with E-state index in [0.29, 0.717) is 17.4 Å². The summed E-state index contributed by atoms with van der Waals surface area (Å²) in [7, 11) is 0. The molecule has 1 aromatic heterocycles. The smallest absolute Gasteiger partial charge is 0.335 e. The highest BCUT2D eigenvalue weighted by Crippen LogP contribution is 2.30. The van der Waals surface area contributed by atoms with Crippen LogP contribution in [0.15, 0.2) is 88.5 Å². The highest BCUT2D eigenvalue weighted by molar-refractivity contribution is 5.92. The monoisotopic (exact) mass is 527 g/mol. The Hall–Kier alpha value is -4.01. The van der Waals surface area contributed by atoms with Crippen molar-refractivity contribution in [3.63, 3.8) is 0 Å². The van der Waals surface area contributed by atoms with Crippen LogP contribution in [0.25, 0.3) is 10.9 Å². The molecule has 1 aliphatic rings. The van der Waals surface area contributed by atoms with Gasteiger partial charge in [-0.2, -0.15) is 0 Å². The number of hydrogen-bond acceptors (Lipinski definition) is 5. The van der Waals surface area contributed by atoms with Crippen molar-refractivity contribution in [2.45, 2.75) is 44.4 Å². The van der Waals surface area contributed by atoms with Crippen LogP contribution in [-0.2, 0) is 11.3 Å². The first-order valence-corrected chi connectivity index (χ1v) is 13.5. The Bertz CT molecular complexity index is 1480. The molecule has 2 heterocycles. The molecule has 0 amide bonds. The second-order valence-corrected chi connectivity index (χ2v) is 10.0. The van der Waals surface area contributed by atoms with E-state index >= 15 is 0 Å². The van der Waals surface area contributed by atoms with E-state index in [1.807, 2.05) is 36.4 Å². The second kappa shape index (κ2) is 12.2. The van der Waals surface area contributed by atoms with Gasteiger partial charge in [-0.3, -0.25) is 14.3 Å². The summed E-state index contributed by atoms with van der Waals surface area (Å²) in [6.45, 7) is 3.21. The first kappa shape index (κ1) is 26.6. The van der Waals surface area contributed by atoms with Crippen molar-refractivity contribution in [1.82, 2.24) is 14.5 Å². The van der Waals surface area contributed by atoms with Gasteiger partial charge in [0, 0.05) is 19.6 Å². The van der Waals surface area contributed by atoms with Gasteiger partial charge >= 0.3 is 11.7 Å². The van der Waals surface area contributed by atoms with E-state index in [9.17, 15) is 19.5 Å². The Labute approximate surface area is 226 Å². The number of ether oxygens (including phenoxy) is 1. The van der Waals surface area contributed by atoms with Crippen molar-refractivity contribution in [2.24, 2.45) is 0 Å². The third-order valence-electron chi connectivity index (χ3n) is 7.42. The predicted octanol–water partition coefficient (Wildman–Crippen LogP) is 4.44. The standard InChI is InChI=1S/C31H33N3O5/c35-29-26-14-13-24(30(36)37)21-27(26)34(31(38)32-29)18-8-7-17-33-19-15-25(16-20-33)39-28(22-9-3-1-4-10-22)23-11-5-2-6-12-23/h1-6,9-14,21,25,28H,7-8,15-20H2,(H,36,37)(H,32,35,38). The van der Waals surface area contributed by atoms with Gasteiger partial charge in [-0.1, -0.05) is 60.7 Å². The number of unbranched alkanes of at least 4 members (excludes halogenated alkanes) is 1. The molecule has 1 saturated heterocycles. The van der Waals surface area contributed by atoms with Crippen molar-refractivity contribution in [1.29, 1.82) is 0 Å². The highest BCUT2D eigenvalue weighted by atomic mass is 16.5. The first-order valence-electron chi connectivity index (χ1n) is 13.5. The van der Waals surface area contributed by atoms with E-state index < -0.39 is 17.2 Å². The molecule has 0 spiro atoms. The summed E-state index contributed by atoms with van der Waals surface area (Å²) < 4.78 is 8.12. The first-order chi connectivity index (χ1) is 19.0. The van der Waals surface area contributed by atoms with Gasteiger partial charge < -0.3 is 14.7 Å². The third-order valence-corrected chi connectivity index (χ3v) is 7.42. The van der Waals surface area contributed by atoms with E-state index in [4.69, 9.17) is 4.74 Å². The molecule has 0 saturated carbocycles. The quantitative estimate of drug-likeness (QED) is 0.296. The van der Waals surface area contributed by atoms with Gasteiger partial charge in [0.2, 0.25) is 0 Å². The van der Waals surface area contributed by atoms with Crippen LogP contribution in [0.2, 0.25) is 0 Å². The van der Waals surface area contributed by atoms with Gasteiger partial charge in [-0.25, -0.2) is 9.59 Å². The van der Waals surface area contributed by atoms with Crippen molar-refractivity contribution in [3.05, 3.63) is 116 Å². The Morgan fingerprint density at radius 3 is 2.13 bits per heavy atom. The van der Waals surface area contributed by atoms with Gasteiger partial charge in [-0.15, -0.1) is 0 Å². The number of rotatable bonds is 10. The van der Waals surface area contributed by atoms with Crippen LogP contribution >= 0.6 is 0 Å². The van der Waals surface area contributed by atoms with Crippen molar-refractivity contribution < 1.29 is 14.6 Å². The number of piperidine rings is 1. The lowest BCUT2D eigenvalue weighted by atomic mass is 10.00. The molecule has 5 rings (SSSR count). The minimum Gasteiger partial charge on any atom is -0.478 e. The maximum Gasteiger partial charge on any atom is 0.335 e. The number of carboxylic acid groups (broad SMARTS) is 1. The Morgan fingerprint density at radius 2 is 1.51 bits per heavy atom. The number of hydrogen-bond donors (Lipinski definition) is 2. The molecule has 8 nitrogen and oxygen atoms in total. The van der Waals surface area contributed by atoms with Gasteiger partial charge in [0.05, 0.1) is 22.6 Å². The topological polar surface area (TPSA) is 105 Å². The molecular formula is C31H33N3O5. The number of likely N-dealkylation sites (tertiary alicyclic amines) is 1. The molecule has 8 heteroatoms. The van der Waals surface area contributed by atoms with E-state index in [0.717, 1.165) is 56.4 Å². The number of benzene rings is 3. The maximum absolute atomic E-state index is 12.5. The molecule has 1 aliphatic heterocycles. The Balaban J connectivity index is 1.15. The van der Waals surface area contributed by atoms with E-state index in [1.54, 1.807) is 0 Å². The average Bonchev–Trinajstić information content (AvgIpc) is 2.96. The molecule has 1 fully saturated rings. The fourth-order valence-electron chi connectivity index (χ4n) is 5.32. The molecule has 202 valence electrons. The van der Waals surface area contributed by atoms with Gasteiger partial charge in [0.1, 0.15) is 6.10 Å².